The molecule has 2 aromatic carbocycles. The van der Waals surface area contributed by atoms with Crippen LogP contribution in [0.1, 0.15) is 36.1 Å². The third-order valence-corrected chi connectivity index (χ3v) is 5.85. The van der Waals surface area contributed by atoms with E-state index in [0.29, 0.717) is 36.3 Å². The topological polar surface area (TPSA) is 119 Å². The van der Waals surface area contributed by atoms with Crippen molar-refractivity contribution in [3.63, 3.8) is 0 Å². The summed E-state index contributed by atoms with van der Waals surface area (Å²) in [5.41, 5.74) is 1.40. The van der Waals surface area contributed by atoms with Crippen LogP contribution in [0.5, 0.6) is 5.75 Å². The van der Waals surface area contributed by atoms with Gasteiger partial charge in [0, 0.05) is 44.4 Å². The average molecular weight is 452 g/mol. The van der Waals surface area contributed by atoms with Crippen LogP contribution in [-0.4, -0.2) is 53.0 Å². The van der Waals surface area contributed by atoms with E-state index in [9.17, 15) is 24.8 Å². The molecule has 2 atom stereocenters. The number of nitrogens with zero attached hydrogens (tertiary/aromatic N) is 2. The predicted octanol–water partition coefficient (Wildman–Crippen LogP) is 3.38. The Bertz CT molecular complexity index is 1160. The lowest BCUT2D eigenvalue weighted by Crippen LogP contribution is -2.31. The Kier molecular flexibility index (Phi) is 6.15. The van der Waals surface area contributed by atoms with Crippen molar-refractivity contribution in [3.8, 4) is 5.75 Å². The fraction of sp³-hybridized carbons (Fsp3) is 0.333. The minimum Gasteiger partial charge on any atom is -0.507 e. The molecule has 0 aromatic heterocycles. The average Bonchev–Trinajstić information content (AvgIpc) is 3.29. The largest absolute Gasteiger partial charge is 0.507 e. The fourth-order valence-electron chi connectivity index (χ4n) is 4.37. The zero-order chi connectivity index (χ0) is 23.7. The van der Waals surface area contributed by atoms with Crippen LogP contribution in [0.4, 0.5) is 5.69 Å². The van der Waals surface area contributed by atoms with E-state index in [1.165, 1.54) is 30.2 Å². The number of nitro groups is 1. The molecule has 1 fully saturated rings. The minimum atomic E-state index is -0.954. The Labute approximate surface area is 190 Å². The number of amides is 1. The maximum atomic E-state index is 13.1. The van der Waals surface area contributed by atoms with Crippen molar-refractivity contribution < 1.29 is 29.1 Å². The van der Waals surface area contributed by atoms with Gasteiger partial charge in [-0.3, -0.25) is 19.7 Å². The summed E-state index contributed by atoms with van der Waals surface area (Å²) < 4.78 is 10.8. The summed E-state index contributed by atoms with van der Waals surface area (Å²) >= 11 is 0. The van der Waals surface area contributed by atoms with Gasteiger partial charge in [-0.1, -0.05) is 12.1 Å². The number of fused-ring (bicyclic) bond motifs is 1. The van der Waals surface area contributed by atoms with Crippen molar-refractivity contribution in [1.29, 1.82) is 0 Å². The quantitative estimate of drug-likeness (QED) is 0.171. The van der Waals surface area contributed by atoms with Crippen molar-refractivity contribution in [3.05, 3.63) is 74.8 Å². The molecule has 0 radical (unpaired) electrons. The van der Waals surface area contributed by atoms with E-state index < -0.39 is 22.7 Å². The van der Waals surface area contributed by atoms with Crippen LogP contribution in [-0.2, 0) is 20.7 Å². The molecule has 2 aromatic rings. The van der Waals surface area contributed by atoms with Crippen molar-refractivity contribution in [2.75, 3.05) is 20.3 Å². The summed E-state index contributed by atoms with van der Waals surface area (Å²) in [6.07, 6.45) is 1.13. The highest BCUT2D eigenvalue weighted by atomic mass is 16.6. The zero-order valence-electron chi connectivity index (χ0n) is 18.3. The molecule has 1 N–H and O–H groups in total. The Morgan fingerprint density at radius 2 is 2.06 bits per heavy atom. The lowest BCUT2D eigenvalue weighted by atomic mass is 9.94. The van der Waals surface area contributed by atoms with Crippen LogP contribution in [0.3, 0.4) is 0 Å². The maximum Gasteiger partial charge on any atom is 0.295 e. The third-order valence-electron chi connectivity index (χ3n) is 5.85. The summed E-state index contributed by atoms with van der Waals surface area (Å²) in [4.78, 5) is 38.1. The molecule has 0 bridgehead atoms. The first-order chi connectivity index (χ1) is 15.8. The predicted molar refractivity (Wildman–Crippen MR) is 119 cm³/mol. The Morgan fingerprint density at radius 3 is 2.79 bits per heavy atom. The second-order valence-electron chi connectivity index (χ2n) is 8.15. The molecular weight excluding hydrogens is 428 g/mol. The molecule has 4 rings (SSSR count). The highest BCUT2D eigenvalue weighted by Gasteiger charge is 2.46. The Hall–Kier alpha value is -3.72. The van der Waals surface area contributed by atoms with Crippen molar-refractivity contribution in [2.24, 2.45) is 0 Å². The second-order valence-corrected chi connectivity index (χ2v) is 8.15. The van der Waals surface area contributed by atoms with Gasteiger partial charge in [0.2, 0.25) is 0 Å². The van der Waals surface area contributed by atoms with Crippen LogP contribution in [0, 0.1) is 10.1 Å². The fourth-order valence-corrected chi connectivity index (χ4v) is 4.37. The van der Waals surface area contributed by atoms with E-state index >= 15 is 0 Å². The van der Waals surface area contributed by atoms with Crippen LogP contribution >= 0.6 is 0 Å². The van der Waals surface area contributed by atoms with Gasteiger partial charge in [-0.15, -0.1) is 0 Å². The first-order valence-corrected chi connectivity index (χ1v) is 10.6. The molecule has 1 amide bonds. The lowest BCUT2D eigenvalue weighted by molar-refractivity contribution is -0.384. The molecular formula is C24H24N2O7. The standard InChI is InChI=1S/C24H24N2O7/c1-14-11-17-12-16(7-8-19(17)33-14)22(27)20-21(15-5-3-6-18(13-15)26(30)31)25(9-4-10-32-2)24(29)23(20)28/h3,5-8,12-14,21,27H,4,9-11H2,1-2H3/b22-20+. The molecule has 2 aliphatic rings. The molecule has 0 saturated carbocycles. The number of non-ortho nitro benzene ring substituents is 1. The summed E-state index contributed by atoms with van der Waals surface area (Å²) in [6.45, 7) is 2.50. The summed E-state index contributed by atoms with van der Waals surface area (Å²) in [6, 6.07) is 9.92. The Morgan fingerprint density at radius 1 is 1.27 bits per heavy atom. The van der Waals surface area contributed by atoms with Gasteiger partial charge < -0.3 is 19.5 Å². The van der Waals surface area contributed by atoms with Gasteiger partial charge in [0.1, 0.15) is 17.6 Å². The number of methoxy groups -OCH3 is 1. The number of aliphatic hydroxyl groups is 1. The molecule has 9 heteroatoms. The highest BCUT2D eigenvalue weighted by Crippen LogP contribution is 2.41. The smallest absolute Gasteiger partial charge is 0.295 e. The second kappa shape index (κ2) is 9.03. The number of ketones is 1. The van der Waals surface area contributed by atoms with Crippen LogP contribution in [0.15, 0.2) is 48.0 Å². The zero-order valence-corrected chi connectivity index (χ0v) is 18.3. The molecule has 172 valence electrons. The third kappa shape index (κ3) is 4.19. The van der Waals surface area contributed by atoms with E-state index in [-0.39, 0.29) is 29.7 Å². The van der Waals surface area contributed by atoms with Gasteiger partial charge >= 0.3 is 0 Å². The number of hydrogen-bond donors (Lipinski definition) is 1. The summed E-state index contributed by atoms with van der Waals surface area (Å²) in [5, 5.41) is 22.5. The number of benzene rings is 2. The molecule has 2 heterocycles. The minimum absolute atomic E-state index is 0.00799. The number of carbonyl (C=O) groups is 2. The number of Topliss-reactive ketones (excluding diaryl/α,β-unsaturated/α-hetero) is 1. The molecule has 2 aliphatic heterocycles. The Balaban J connectivity index is 1.83. The number of likely N-dealkylation sites (tertiary alicyclic amines) is 1. The van der Waals surface area contributed by atoms with Crippen LogP contribution in [0.2, 0.25) is 0 Å². The number of ether oxygens (including phenoxy) is 2. The highest BCUT2D eigenvalue weighted by molar-refractivity contribution is 6.46. The SMILES string of the molecule is COCCCN1C(=O)C(=O)/C(=C(/O)c2ccc3c(c2)CC(C)O3)C1c1cccc([N+](=O)[O-])c1. The van der Waals surface area contributed by atoms with E-state index in [4.69, 9.17) is 9.47 Å². The number of rotatable bonds is 7. The van der Waals surface area contributed by atoms with Gasteiger partial charge in [-0.05, 0) is 42.7 Å². The van der Waals surface area contributed by atoms with Gasteiger partial charge in [0.05, 0.1) is 16.5 Å². The number of aliphatic hydroxyl groups excluding tert-OH is 1. The van der Waals surface area contributed by atoms with E-state index in [0.717, 1.165) is 5.56 Å². The van der Waals surface area contributed by atoms with E-state index in [1.807, 2.05) is 6.92 Å². The summed E-state index contributed by atoms with van der Waals surface area (Å²) in [5.74, 6) is -1.19. The molecule has 9 nitrogen and oxygen atoms in total. The first-order valence-electron chi connectivity index (χ1n) is 10.6. The van der Waals surface area contributed by atoms with E-state index in [1.54, 1.807) is 24.3 Å². The number of carbonyl (C=O) groups excluding carboxylic acids is 2. The molecule has 0 aliphatic carbocycles. The van der Waals surface area contributed by atoms with Crippen molar-refractivity contribution in [1.82, 2.24) is 4.90 Å². The van der Waals surface area contributed by atoms with Gasteiger partial charge in [-0.2, -0.15) is 0 Å². The van der Waals surface area contributed by atoms with Gasteiger partial charge in [-0.25, -0.2) is 0 Å². The monoisotopic (exact) mass is 452 g/mol. The summed E-state index contributed by atoms with van der Waals surface area (Å²) in [7, 11) is 1.53. The lowest BCUT2D eigenvalue weighted by Gasteiger charge is -2.25. The van der Waals surface area contributed by atoms with Crippen molar-refractivity contribution >= 4 is 23.1 Å². The van der Waals surface area contributed by atoms with Gasteiger partial charge in [0.15, 0.2) is 0 Å². The van der Waals surface area contributed by atoms with Crippen LogP contribution < -0.4 is 4.74 Å². The molecule has 1 saturated heterocycles. The number of nitro benzene ring substituents is 1. The van der Waals surface area contributed by atoms with Crippen molar-refractivity contribution in [2.45, 2.75) is 31.9 Å². The molecule has 2 unspecified atom stereocenters. The normalized spacial score (nSPS) is 21.2. The van der Waals surface area contributed by atoms with E-state index in [2.05, 4.69) is 0 Å². The maximum absolute atomic E-state index is 13.1. The molecule has 0 spiro atoms. The number of hydrogen-bond acceptors (Lipinski definition) is 7. The van der Waals surface area contributed by atoms with Crippen LogP contribution in [0.25, 0.3) is 5.76 Å². The van der Waals surface area contributed by atoms with Gasteiger partial charge in [0.25, 0.3) is 17.4 Å². The first kappa shape index (κ1) is 22.5. The molecule has 33 heavy (non-hydrogen) atoms.